The third-order valence-corrected chi connectivity index (χ3v) is 7.72. The van der Waals surface area contributed by atoms with Gasteiger partial charge in [-0.1, -0.05) is 24.6 Å². The van der Waals surface area contributed by atoms with Gasteiger partial charge in [-0.2, -0.15) is 0 Å². The van der Waals surface area contributed by atoms with Crippen molar-refractivity contribution in [3.05, 3.63) is 46.0 Å². The molecule has 3 heterocycles. The Morgan fingerprint density at radius 2 is 1.97 bits per heavy atom. The normalized spacial score (nSPS) is 20.4. The third-order valence-electron chi connectivity index (χ3n) is 6.65. The van der Waals surface area contributed by atoms with Crippen LogP contribution < -0.4 is 5.32 Å². The molecule has 3 aliphatic rings. The zero-order valence-corrected chi connectivity index (χ0v) is 17.9. The first kappa shape index (κ1) is 19.7. The number of anilines is 1. The first-order chi connectivity index (χ1) is 14.6. The smallest absolute Gasteiger partial charge is 0.254 e. The van der Waals surface area contributed by atoms with Crippen LogP contribution in [0.3, 0.4) is 0 Å². The molecule has 1 N–H and O–H groups in total. The van der Waals surface area contributed by atoms with Crippen LogP contribution in [-0.4, -0.2) is 40.5 Å². The van der Waals surface area contributed by atoms with Gasteiger partial charge in [-0.15, -0.1) is 11.3 Å². The molecule has 1 aromatic carbocycles. The summed E-state index contributed by atoms with van der Waals surface area (Å²) in [5.74, 6) is -0.0363. The van der Waals surface area contributed by atoms with Gasteiger partial charge in [0.15, 0.2) is 5.13 Å². The number of amides is 2. The molecule has 0 unspecified atom stereocenters. The van der Waals surface area contributed by atoms with Gasteiger partial charge in [0.1, 0.15) is 0 Å². The fourth-order valence-electron chi connectivity index (χ4n) is 4.98. The van der Waals surface area contributed by atoms with Gasteiger partial charge in [0.2, 0.25) is 5.91 Å². The van der Waals surface area contributed by atoms with E-state index in [2.05, 4.69) is 5.32 Å². The van der Waals surface area contributed by atoms with Crippen molar-refractivity contribution in [2.24, 2.45) is 0 Å². The molecule has 7 heteroatoms. The van der Waals surface area contributed by atoms with E-state index in [-0.39, 0.29) is 18.2 Å². The van der Waals surface area contributed by atoms with Crippen LogP contribution >= 0.6 is 11.3 Å². The highest BCUT2D eigenvalue weighted by Gasteiger charge is 2.46. The molecule has 0 bridgehead atoms. The fraction of sp³-hybridized carbons (Fsp3) is 0.522. The zero-order chi connectivity index (χ0) is 20.6. The Morgan fingerprint density at radius 1 is 1.17 bits per heavy atom. The number of benzene rings is 1. The summed E-state index contributed by atoms with van der Waals surface area (Å²) < 4.78 is 5.58. The van der Waals surface area contributed by atoms with Crippen LogP contribution in [0.2, 0.25) is 0 Å². The van der Waals surface area contributed by atoms with E-state index < -0.39 is 5.54 Å². The van der Waals surface area contributed by atoms with Gasteiger partial charge in [-0.25, -0.2) is 4.98 Å². The van der Waals surface area contributed by atoms with Crippen molar-refractivity contribution in [2.75, 3.05) is 18.5 Å². The second kappa shape index (κ2) is 8.12. The highest BCUT2D eigenvalue weighted by Crippen LogP contribution is 2.38. The number of fused-ring (bicyclic) bond motifs is 2. The SMILES string of the molecule is O=C(CC1(N2Cc3ccccc3C2=O)CCOCC1)Nc1nc2c(s1)CCCCC2. The summed E-state index contributed by atoms with van der Waals surface area (Å²) in [5.41, 5.74) is 2.44. The Labute approximate surface area is 180 Å². The Kier molecular flexibility index (Phi) is 5.33. The first-order valence-corrected chi connectivity index (χ1v) is 11.7. The van der Waals surface area contributed by atoms with Crippen molar-refractivity contribution < 1.29 is 14.3 Å². The lowest BCUT2D eigenvalue weighted by Gasteiger charge is -2.44. The summed E-state index contributed by atoms with van der Waals surface area (Å²) >= 11 is 1.61. The summed E-state index contributed by atoms with van der Waals surface area (Å²) in [4.78, 5) is 34.1. The lowest BCUT2D eigenvalue weighted by atomic mass is 9.84. The number of rotatable bonds is 4. The standard InChI is InChI=1S/C23H27N3O3S/c27-20(25-22-24-18-8-2-1-3-9-19(18)30-22)14-23(10-12-29-13-11-23)26-15-16-6-4-5-7-17(16)21(26)28/h4-7H,1-3,8-15H2,(H,24,25,27). The highest BCUT2D eigenvalue weighted by atomic mass is 32.1. The number of carbonyl (C=O) groups excluding carboxylic acids is 2. The van der Waals surface area contributed by atoms with E-state index in [4.69, 9.17) is 9.72 Å². The predicted octanol–water partition coefficient (Wildman–Crippen LogP) is 3.95. The molecule has 0 spiro atoms. The summed E-state index contributed by atoms with van der Waals surface area (Å²) in [6.45, 7) is 1.70. The molecule has 1 aromatic heterocycles. The number of aromatic nitrogens is 1. The topological polar surface area (TPSA) is 71.5 Å². The summed E-state index contributed by atoms with van der Waals surface area (Å²) in [6, 6.07) is 7.75. The molecule has 0 saturated carbocycles. The van der Waals surface area contributed by atoms with Gasteiger partial charge in [-0.05, 0) is 50.2 Å². The molecule has 1 aliphatic carbocycles. The van der Waals surface area contributed by atoms with E-state index in [9.17, 15) is 9.59 Å². The number of nitrogens with one attached hydrogen (secondary N) is 1. The molecule has 0 radical (unpaired) electrons. The van der Waals surface area contributed by atoms with Crippen molar-refractivity contribution in [3.8, 4) is 0 Å². The molecular formula is C23H27N3O3S. The van der Waals surface area contributed by atoms with Crippen molar-refractivity contribution in [3.63, 3.8) is 0 Å². The Balaban J connectivity index is 1.34. The van der Waals surface area contributed by atoms with Crippen molar-refractivity contribution in [1.29, 1.82) is 0 Å². The van der Waals surface area contributed by atoms with Gasteiger partial charge < -0.3 is 15.0 Å². The number of ether oxygens (including phenoxy) is 1. The van der Waals surface area contributed by atoms with E-state index in [1.807, 2.05) is 29.2 Å². The lowest BCUT2D eigenvalue weighted by Crippen LogP contribution is -2.54. The molecule has 30 heavy (non-hydrogen) atoms. The maximum atomic E-state index is 13.1. The van der Waals surface area contributed by atoms with Gasteiger partial charge in [0.25, 0.3) is 5.91 Å². The molecule has 0 atom stereocenters. The zero-order valence-electron chi connectivity index (χ0n) is 17.1. The van der Waals surface area contributed by atoms with Crippen LogP contribution in [0.4, 0.5) is 5.13 Å². The Bertz CT molecular complexity index is 941. The van der Waals surface area contributed by atoms with E-state index in [0.717, 1.165) is 29.7 Å². The van der Waals surface area contributed by atoms with Crippen molar-refractivity contribution in [2.45, 2.75) is 63.5 Å². The van der Waals surface area contributed by atoms with Crippen LogP contribution in [0.15, 0.2) is 24.3 Å². The largest absolute Gasteiger partial charge is 0.381 e. The summed E-state index contributed by atoms with van der Waals surface area (Å²) in [5, 5.41) is 3.74. The fourth-order valence-corrected chi connectivity index (χ4v) is 6.04. The summed E-state index contributed by atoms with van der Waals surface area (Å²) in [6.07, 6.45) is 7.31. The van der Waals surface area contributed by atoms with Crippen LogP contribution in [0.25, 0.3) is 0 Å². The molecule has 1 fully saturated rings. The molecule has 6 nitrogen and oxygen atoms in total. The van der Waals surface area contributed by atoms with E-state index >= 15 is 0 Å². The average molecular weight is 426 g/mol. The molecule has 1 saturated heterocycles. The second-order valence-corrected chi connectivity index (χ2v) is 9.64. The van der Waals surface area contributed by atoms with E-state index in [1.165, 1.54) is 24.1 Å². The maximum absolute atomic E-state index is 13.1. The van der Waals surface area contributed by atoms with Crippen LogP contribution in [0.5, 0.6) is 0 Å². The second-order valence-electron chi connectivity index (χ2n) is 8.56. The van der Waals surface area contributed by atoms with E-state index in [1.54, 1.807) is 11.3 Å². The number of thiazole rings is 1. The molecule has 2 aromatic rings. The van der Waals surface area contributed by atoms with Crippen LogP contribution in [0.1, 0.15) is 65.0 Å². The van der Waals surface area contributed by atoms with Gasteiger partial charge in [0.05, 0.1) is 17.7 Å². The first-order valence-electron chi connectivity index (χ1n) is 10.9. The van der Waals surface area contributed by atoms with E-state index in [0.29, 0.717) is 37.7 Å². The quantitative estimate of drug-likeness (QED) is 0.753. The molecule has 2 aliphatic heterocycles. The van der Waals surface area contributed by atoms with Gasteiger partial charge in [0, 0.05) is 30.2 Å². The molecule has 5 rings (SSSR count). The van der Waals surface area contributed by atoms with Crippen molar-refractivity contribution in [1.82, 2.24) is 9.88 Å². The highest BCUT2D eigenvalue weighted by molar-refractivity contribution is 7.15. The lowest BCUT2D eigenvalue weighted by molar-refractivity contribution is -0.120. The number of aryl methyl sites for hydroxylation is 2. The molecule has 158 valence electrons. The molecule has 2 amide bonds. The van der Waals surface area contributed by atoms with Gasteiger partial charge >= 0.3 is 0 Å². The molecular weight excluding hydrogens is 398 g/mol. The number of hydrogen-bond donors (Lipinski definition) is 1. The van der Waals surface area contributed by atoms with Crippen LogP contribution in [-0.2, 0) is 28.9 Å². The summed E-state index contributed by atoms with van der Waals surface area (Å²) in [7, 11) is 0. The minimum atomic E-state index is -0.507. The van der Waals surface area contributed by atoms with Crippen LogP contribution in [0, 0.1) is 0 Å². The Hall–Kier alpha value is -2.25. The maximum Gasteiger partial charge on any atom is 0.254 e. The number of nitrogens with zero attached hydrogens (tertiary/aromatic N) is 2. The Morgan fingerprint density at radius 3 is 2.80 bits per heavy atom. The van der Waals surface area contributed by atoms with Gasteiger partial charge in [-0.3, -0.25) is 9.59 Å². The average Bonchev–Trinajstić information content (AvgIpc) is 3.21. The minimum Gasteiger partial charge on any atom is -0.381 e. The number of hydrogen-bond acceptors (Lipinski definition) is 5. The third kappa shape index (κ3) is 3.65. The number of carbonyl (C=O) groups is 2. The minimum absolute atomic E-state index is 0.0289. The predicted molar refractivity (Wildman–Crippen MR) is 116 cm³/mol. The van der Waals surface area contributed by atoms with Crippen molar-refractivity contribution >= 4 is 28.3 Å². The monoisotopic (exact) mass is 425 g/mol.